The van der Waals surface area contributed by atoms with Crippen molar-refractivity contribution in [3.8, 4) is 0 Å². The predicted molar refractivity (Wildman–Crippen MR) is 83.8 cm³/mol. The van der Waals surface area contributed by atoms with Crippen LogP contribution in [0.4, 0.5) is 0 Å². The Morgan fingerprint density at radius 1 is 1.33 bits per heavy atom. The van der Waals surface area contributed by atoms with Crippen molar-refractivity contribution in [3.05, 3.63) is 33.3 Å². The number of carbonyl (C=O) groups excluding carboxylic acids is 1. The van der Waals surface area contributed by atoms with E-state index in [4.69, 9.17) is 0 Å². The molecule has 0 aliphatic heterocycles. The van der Waals surface area contributed by atoms with Crippen LogP contribution in [0.1, 0.15) is 29.2 Å². The van der Waals surface area contributed by atoms with Gasteiger partial charge in [-0.25, -0.2) is 0 Å². The molecule has 0 unspecified atom stereocenters. The van der Waals surface area contributed by atoms with E-state index in [1.807, 2.05) is 38.6 Å². The summed E-state index contributed by atoms with van der Waals surface area (Å²) in [7, 11) is 1.88. The Morgan fingerprint density at radius 3 is 2.57 bits per heavy atom. The van der Waals surface area contributed by atoms with Crippen molar-refractivity contribution in [3.63, 3.8) is 0 Å². The minimum atomic E-state index is 0.0116. The number of nitrogens with one attached hydrogen (secondary N) is 1. The Balaban J connectivity index is 1.85. The van der Waals surface area contributed by atoms with Gasteiger partial charge >= 0.3 is 0 Å². The first kappa shape index (κ1) is 15.8. The molecular formula is C14H20BrN5O. The fourth-order valence-corrected chi connectivity index (χ4v) is 2.49. The molecule has 0 saturated heterocycles. The fraction of sp³-hybridized carbons (Fsp3) is 0.500. The molecule has 6 nitrogen and oxygen atoms in total. The molecular weight excluding hydrogens is 334 g/mol. The fourth-order valence-electron chi connectivity index (χ4n) is 2.21. The molecule has 0 aliphatic carbocycles. The molecule has 0 fully saturated rings. The topological polar surface area (TPSA) is 64.7 Å². The van der Waals surface area contributed by atoms with Crippen molar-refractivity contribution in [2.75, 3.05) is 0 Å². The minimum absolute atomic E-state index is 0.0116. The van der Waals surface area contributed by atoms with Gasteiger partial charge in [-0.15, -0.1) is 0 Å². The molecule has 1 amide bonds. The van der Waals surface area contributed by atoms with Crippen LogP contribution in [0.5, 0.6) is 0 Å². The van der Waals surface area contributed by atoms with E-state index in [9.17, 15) is 4.79 Å². The molecule has 0 saturated carbocycles. The number of rotatable bonds is 5. The van der Waals surface area contributed by atoms with E-state index in [0.717, 1.165) is 27.2 Å². The van der Waals surface area contributed by atoms with Crippen LogP contribution in [-0.4, -0.2) is 25.5 Å². The first-order valence-corrected chi connectivity index (χ1v) is 7.63. The number of aryl methyl sites for hydroxylation is 4. The van der Waals surface area contributed by atoms with Crippen LogP contribution in [0.2, 0.25) is 0 Å². The molecule has 114 valence electrons. The summed E-state index contributed by atoms with van der Waals surface area (Å²) in [6.07, 6.45) is 0.408. The lowest BCUT2D eigenvalue weighted by Crippen LogP contribution is -2.25. The van der Waals surface area contributed by atoms with Crippen LogP contribution in [0, 0.1) is 20.8 Å². The van der Waals surface area contributed by atoms with Crippen LogP contribution in [-0.2, 0) is 24.9 Å². The highest BCUT2D eigenvalue weighted by Crippen LogP contribution is 2.19. The highest BCUT2D eigenvalue weighted by molar-refractivity contribution is 9.10. The van der Waals surface area contributed by atoms with Gasteiger partial charge in [0.15, 0.2) is 0 Å². The Labute approximate surface area is 132 Å². The Bertz CT molecular complexity index is 659. The number of hydrogen-bond acceptors (Lipinski definition) is 3. The van der Waals surface area contributed by atoms with Gasteiger partial charge < -0.3 is 5.32 Å². The summed E-state index contributed by atoms with van der Waals surface area (Å²) in [5.41, 5.74) is 3.93. The molecule has 0 aliphatic rings. The first-order chi connectivity index (χ1) is 9.88. The van der Waals surface area contributed by atoms with Crippen molar-refractivity contribution in [1.29, 1.82) is 0 Å². The SMILES string of the molecule is Cc1cc(CNC(=O)CCn2nc(C)c(Br)c2C)n(C)n1. The molecule has 2 aromatic rings. The van der Waals surface area contributed by atoms with Gasteiger partial charge in [-0.2, -0.15) is 10.2 Å². The predicted octanol–water partition coefficient (Wildman–Crippen LogP) is 2.01. The lowest BCUT2D eigenvalue weighted by atomic mass is 10.3. The van der Waals surface area contributed by atoms with Crippen molar-refractivity contribution in [2.45, 2.75) is 40.3 Å². The summed E-state index contributed by atoms with van der Waals surface area (Å²) in [6, 6.07) is 1.97. The zero-order valence-electron chi connectivity index (χ0n) is 12.8. The quantitative estimate of drug-likeness (QED) is 0.893. The van der Waals surface area contributed by atoms with Gasteiger partial charge in [0.25, 0.3) is 0 Å². The lowest BCUT2D eigenvalue weighted by Gasteiger charge is -2.07. The minimum Gasteiger partial charge on any atom is -0.350 e. The van der Waals surface area contributed by atoms with Crippen LogP contribution in [0.3, 0.4) is 0 Å². The number of hydrogen-bond donors (Lipinski definition) is 1. The number of nitrogens with zero attached hydrogens (tertiary/aromatic N) is 4. The molecule has 0 spiro atoms. The normalized spacial score (nSPS) is 10.9. The molecule has 2 aromatic heterocycles. The van der Waals surface area contributed by atoms with E-state index in [2.05, 4.69) is 31.4 Å². The van der Waals surface area contributed by atoms with E-state index >= 15 is 0 Å². The number of aromatic nitrogens is 4. The van der Waals surface area contributed by atoms with Crippen LogP contribution in [0.25, 0.3) is 0 Å². The van der Waals surface area contributed by atoms with E-state index in [1.54, 1.807) is 4.68 Å². The zero-order chi connectivity index (χ0) is 15.6. The van der Waals surface area contributed by atoms with E-state index in [0.29, 0.717) is 19.5 Å². The first-order valence-electron chi connectivity index (χ1n) is 6.84. The standard InChI is InChI=1S/C14H20BrN5O/c1-9-7-12(19(4)17-9)8-16-13(21)5-6-20-11(3)14(15)10(2)18-20/h7H,5-6,8H2,1-4H3,(H,16,21). The smallest absolute Gasteiger partial charge is 0.222 e. The summed E-state index contributed by atoms with van der Waals surface area (Å²) >= 11 is 3.49. The Morgan fingerprint density at radius 2 is 2.05 bits per heavy atom. The molecule has 21 heavy (non-hydrogen) atoms. The van der Waals surface area contributed by atoms with Gasteiger partial charge in [0.2, 0.25) is 5.91 Å². The number of carbonyl (C=O) groups is 1. The third kappa shape index (κ3) is 3.72. The highest BCUT2D eigenvalue weighted by atomic mass is 79.9. The molecule has 0 radical (unpaired) electrons. The number of amides is 1. The second-order valence-electron chi connectivity index (χ2n) is 5.14. The lowest BCUT2D eigenvalue weighted by molar-refractivity contribution is -0.121. The molecule has 1 N–H and O–H groups in total. The molecule has 7 heteroatoms. The van der Waals surface area contributed by atoms with Crippen molar-refractivity contribution in [2.24, 2.45) is 7.05 Å². The average molecular weight is 354 g/mol. The summed E-state index contributed by atoms with van der Waals surface area (Å²) in [5, 5.41) is 11.6. The zero-order valence-corrected chi connectivity index (χ0v) is 14.4. The van der Waals surface area contributed by atoms with Crippen LogP contribution in [0.15, 0.2) is 10.5 Å². The highest BCUT2D eigenvalue weighted by Gasteiger charge is 2.10. The third-order valence-electron chi connectivity index (χ3n) is 3.41. The molecule has 0 bridgehead atoms. The maximum atomic E-state index is 11.9. The molecule has 2 heterocycles. The average Bonchev–Trinajstić information content (AvgIpc) is 2.88. The summed E-state index contributed by atoms with van der Waals surface area (Å²) in [6.45, 7) is 6.94. The van der Waals surface area contributed by atoms with E-state index < -0.39 is 0 Å². The van der Waals surface area contributed by atoms with E-state index in [-0.39, 0.29) is 5.91 Å². The van der Waals surface area contributed by atoms with Crippen LogP contribution < -0.4 is 5.32 Å². The molecule has 0 atom stereocenters. The Hall–Kier alpha value is -1.63. The van der Waals surface area contributed by atoms with Gasteiger partial charge in [0.1, 0.15) is 0 Å². The number of halogens is 1. The molecule has 2 rings (SSSR count). The van der Waals surface area contributed by atoms with Crippen molar-refractivity contribution in [1.82, 2.24) is 24.9 Å². The van der Waals surface area contributed by atoms with E-state index in [1.165, 1.54) is 0 Å². The second kappa shape index (κ2) is 6.43. The maximum absolute atomic E-state index is 11.9. The van der Waals surface area contributed by atoms with Crippen LogP contribution >= 0.6 is 15.9 Å². The summed E-state index contributed by atoms with van der Waals surface area (Å²) in [4.78, 5) is 11.9. The van der Waals surface area contributed by atoms with Crippen molar-refractivity contribution < 1.29 is 4.79 Å². The third-order valence-corrected chi connectivity index (χ3v) is 4.56. The largest absolute Gasteiger partial charge is 0.350 e. The summed E-state index contributed by atoms with van der Waals surface area (Å²) < 4.78 is 4.65. The second-order valence-corrected chi connectivity index (χ2v) is 5.93. The van der Waals surface area contributed by atoms with Gasteiger partial charge in [-0.3, -0.25) is 14.2 Å². The monoisotopic (exact) mass is 353 g/mol. The summed E-state index contributed by atoms with van der Waals surface area (Å²) in [5.74, 6) is 0.0116. The van der Waals surface area contributed by atoms with Gasteiger partial charge in [-0.1, -0.05) is 0 Å². The Kier molecular flexibility index (Phi) is 4.82. The van der Waals surface area contributed by atoms with Crippen molar-refractivity contribution >= 4 is 21.8 Å². The molecule has 0 aromatic carbocycles. The van der Waals surface area contributed by atoms with Gasteiger partial charge in [-0.05, 0) is 42.8 Å². The van der Waals surface area contributed by atoms with Gasteiger partial charge in [0.05, 0.1) is 34.6 Å². The van der Waals surface area contributed by atoms with Gasteiger partial charge in [0, 0.05) is 19.2 Å². The maximum Gasteiger partial charge on any atom is 0.222 e.